The Bertz CT molecular complexity index is 616. The van der Waals surface area contributed by atoms with Crippen LogP contribution in [0.25, 0.3) is 10.2 Å². The molecule has 20 heavy (non-hydrogen) atoms. The SMILES string of the molecule is Cc1cc2c(N3CC(C)SC(C)C3)nc(NN)nc2s1. The lowest BCUT2D eigenvalue weighted by Gasteiger charge is -2.35. The van der Waals surface area contributed by atoms with Crippen molar-refractivity contribution in [2.45, 2.75) is 31.3 Å². The molecule has 3 rings (SSSR count). The number of nitrogen functional groups attached to an aromatic ring is 1. The number of nitrogens with two attached hydrogens (primary N) is 1. The molecule has 2 unspecified atom stereocenters. The third-order valence-corrected chi connectivity index (χ3v) is 5.52. The highest BCUT2D eigenvalue weighted by molar-refractivity contribution is 8.00. The van der Waals surface area contributed by atoms with Crippen molar-refractivity contribution >= 4 is 45.1 Å². The lowest BCUT2D eigenvalue weighted by atomic mass is 10.2. The van der Waals surface area contributed by atoms with Gasteiger partial charge in [-0.2, -0.15) is 16.7 Å². The Morgan fingerprint density at radius 2 is 2.00 bits per heavy atom. The summed E-state index contributed by atoms with van der Waals surface area (Å²) in [5.41, 5.74) is 2.58. The lowest BCUT2D eigenvalue weighted by molar-refractivity contribution is 0.721. The highest BCUT2D eigenvalue weighted by Crippen LogP contribution is 2.35. The summed E-state index contributed by atoms with van der Waals surface area (Å²) < 4.78 is 0. The zero-order chi connectivity index (χ0) is 14.3. The molecule has 2 aromatic rings. The van der Waals surface area contributed by atoms with Crippen LogP contribution in [0, 0.1) is 6.92 Å². The van der Waals surface area contributed by atoms with Crippen molar-refractivity contribution in [2.75, 3.05) is 23.4 Å². The summed E-state index contributed by atoms with van der Waals surface area (Å²) in [7, 11) is 0. The Balaban J connectivity index is 2.08. The molecule has 2 atom stereocenters. The van der Waals surface area contributed by atoms with Crippen molar-refractivity contribution in [1.82, 2.24) is 9.97 Å². The van der Waals surface area contributed by atoms with Crippen LogP contribution in [-0.2, 0) is 0 Å². The molecule has 2 aromatic heterocycles. The molecule has 0 amide bonds. The molecule has 1 fully saturated rings. The number of aromatic nitrogens is 2. The van der Waals surface area contributed by atoms with Gasteiger partial charge in [0, 0.05) is 28.5 Å². The molecule has 0 saturated carbocycles. The van der Waals surface area contributed by atoms with E-state index in [1.807, 2.05) is 11.8 Å². The summed E-state index contributed by atoms with van der Waals surface area (Å²) >= 11 is 3.72. The Hall–Kier alpha value is -1.05. The summed E-state index contributed by atoms with van der Waals surface area (Å²) in [6, 6.07) is 2.17. The maximum absolute atomic E-state index is 5.51. The van der Waals surface area contributed by atoms with E-state index in [0.717, 1.165) is 29.1 Å². The number of anilines is 2. The molecule has 3 heterocycles. The van der Waals surface area contributed by atoms with Gasteiger partial charge in [0.05, 0.1) is 5.39 Å². The molecule has 5 nitrogen and oxygen atoms in total. The van der Waals surface area contributed by atoms with E-state index in [9.17, 15) is 0 Å². The second-order valence-electron chi connectivity index (χ2n) is 5.25. The van der Waals surface area contributed by atoms with Crippen molar-refractivity contribution in [3.8, 4) is 0 Å². The van der Waals surface area contributed by atoms with Crippen LogP contribution in [0.5, 0.6) is 0 Å². The van der Waals surface area contributed by atoms with Crippen molar-refractivity contribution < 1.29 is 0 Å². The van der Waals surface area contributed by atoms with Gasteiger partial charge in [-0.15, -0.1) is 11.3 Å². The first kappa shape index (κ1) is 13.9. The smallest absolute Gasteiger partial charge is 0.240 e. The van der Waals surface area contributed by atoms with Crippen LogP contribution in [0.15, 0.2) is 6.07 Å². The molecule has 1 saturated heterocycles. The summed E-state index contributed by atoms with van der Waals surface area (Å²) in [5.74, 6) is 7.01. The summed E-state index contributed by atoms with van der Waals surface area (Å²) in [5, 5.41) is 2.35. The largest absolute Gasteiger partial charge is 0.354 e. The van der Waals surface area contributed by atoms with Gasteiger partial charge < -0.3 is 4.90 Å². The summed E-state index contributed by atoms with van der Waals surface area (Å²) in [6.45, 7) is 8.67. The maximum atomic E-state index is 5.51. The van der Waals surface area contributed by atoms with Crippen LogP contribution < -0.4 is 16.2 Å². The third-order valence-electron chi connectivity index (χ3n) is 3.34. The van der Waals surface area contributed by atoms with E-state index < -0.39 is 0 Å². The second-order valence-corrected chi connectivity index (χ2v) is 8.37. The predicted octanol–water partition coefficient (Wildman–Crippen LogP) is 2.62. The molecule has 3 N–H and O–H groups in total. The fourth-order valence-corrected chi connectivity index (χ4v) is 4.88. The number of thiophene rings is 1. The van der Waals surface area contributed by atoms with Gasteiger partial charge in [-0.25, -0.2) is 10.8 Å². The molecule has 108 valence electrons. The number of rotatable bonds is 2. The number of hydrogen-bond acceptors (Lipinski definition) is 7. The molecule has 0 bridgehead atoms. The Kier molecular flexibility index (Phi) is 3.74. The quantitative estimate of drug-likeness (QED) is 0.656. The summed E-state index contributed by atoms with van der Waals surface area (Å²) in [4.78, 5) is 13.7. The molecule has 0 radical (unpaired) electrons. The normalized spacial score (nSPS) is 23.3. The van der Waals surface area contributed by atoms with E-state index in [4.69, 9.17) is 5.84 Å². The number of nitrogens with one attached hydrogen (secondary N) is 1. The predicted molar refractivity (Wildman–Crippen MR) is 88.7 cm³/mol. The number of thioether (sulfide) groups is 1. The molecule has 0 aromatic carbocycles. The zero-order valence-electron chi connectivity index (χ0n) is 11.9. The van der Waals surface area contributed by atoms with Crippen LogP contribution in [0.2, 0.25) is 0 Å². The topological polar surface area (TPSA) is 67.1 Å². The number of hydrogen-bond donors (Lipinski definition) is 2. The van der Waals surface area contributed by atoms with Crippen LogP contribution in [0.4, 0.5) is 11.8 Å². The van der Waals surface area contributed by atoms with E-state index in [1.165, 1.54) is 4.88 Å². The first-order chi connectivity index (χ1) is 9.56. The van der Waals surface area contributed by atoms with Crippen molar-refractivity contribution in [3.63, 3.8) is 0 Å². The fraction of sp³-hybridized carbons (Fsp3) is 0.538. The van der Waals surface area contributed by atoms with Gasteiger partial charge in [-0.3, -0.25) is 5.43 Å². The molecule has 0 spiro atoms. The minimum atomic E-state index is 0.493. The maximum Gasteiger partial charge on any atom is 0.240 e. The van der Waals surface area contributed by atoms with Gasteiger partial charge in [0.15, 0.2) is 0 Å². The minimum absolute atomic E-state index is 0.493. The van der Waals surface area contributed by atoms with Crippen LogP contribution in [0.1, 0.15) is 18.7 Å². The Labute approximate surface area is 126 Å². The standard InChI is InChI=1S/C13H19N5S2/c1-7-4-10-11(15-13(17-14)16-12(10)20-7)18-5-8(2)19-9(3)6-18/h4,8-9H,5-6,14H2,1-3H3,(H,15,16,17). The molecule has 7 heteroatoms. The number of fused-ring (bicyclic) bond motifs is 1. The van der Waals surface area contributed by atoms with Gasteiger partial charge >= 0.3 is 0 Å². The van der Waals surface area contributed by atoms with Crippen molar-refractivity contribution in [2.24, 2.45) is 5.84 Å². The van der Waals surface area contributed by atoms with Gasteiger partial charge in [0.25, 0.3) is 0 Å². The highest BCUT2D eigenvalue weighted by atomic mass is 32.2. The van der Waals surface area contributed by atoms with Crippen molar-refractivity contribution in [1.29, 1.82) is 0 Å². The molecular formula is C13H19N5S2. The minimum Gasteiger partial charge on any atom is -0.354 e. The van der Waals surface area contributed by atoms with E-state index >= 15 is 0 Å². The number of aryl methyl sites for hydroxylation is 1. The van der Waals surface area contributed by atoms with Crippen LogP contribution in [-0.4, -0.2) is 33.6 Å². The van der Waals surface area contributed by atoms with E-state index in [0.29, 0.717) is 16.4 Å². The summed E-state index contributed by atoms with van der Waals surface area (Å²) in [6.07, 6.45) is 0. The highest BCUT2D eigenvalue weighted by Gasteiger charge is 2.25. The molecular weight excluding hydrogens is 290 g/mol. The van der Waals surface area contributed by atoms with E-state index in [2.05, 4.69) is 47.1 Å². The number of hydrazine groups is 1. The van der Waals surface area contributed by atoms with Crippen molar-refractivity contribution in [3.05, 3.63) is 10.9 Å². The average Bonchev–Trinajstić information content (AvgIpc) is 2.76. The van der Waals surface area contributed by atoms with E-state index in [1.54, 1.807) is 11.3 Å². The lowest BCUT2D eigenvalue weighted by Crippen LogP contribution is -2.41. The van der Waals surface area contributed by atoms with Gasteiger partial charge in [0.2, 0.25) is 5.95 Å². The Morgan fingerprint density at radius 1 is 1.30 bits per heavy atom. The van der Waals surface area contributed by atoms with Gasteiger partial charge in [-0.1, -0.05) is 13.8 Å². The van der Waals surface area contributed by atoms with E-state index in [-0.39, 0.29) is 0 Å². The third kappa shape index (κ3) is 2.57. The fourth-order valence-electron chi connectivity index (χ4n) is 2.68. The molecule has 0 aliphatic carbocycles. The second kappa shape index (κ2) is 5.38. The van der Waals surface area contributed by atoms with Crippen LogP contribution >= 0.6 is 23.1 Å². The number of nitrogens with zero attached hydrogens (tertiary/aromatic N) is 3. The van der Waals surface area contributed by atoms with Crippen LogP contribution in [0.3, 0.4) is 0 Å². The first-order valence-electron chi connectivity index (χ1n) is 6.72. The molecule has 1 aliphatic rings. The van der Waals surface area contributed by atoms with Gasteiger partial charge in [-0.05, 0) is 13.0 Å². The Morgan fingerprint density at radius 3 is 2.65 bits per heavy atom. The molecule has 1 aliphatic heterocycles. The van der Waals surface area contributed by atoms with Gasteiger partial charge in [0.1, 0.15) is 10.6 Å². The average molecular weight is 309 g/mol. The zero-order valence-corrected chi connectivity index (χ0v) is 13.5. The first-order valence-corrected chi connectivity index (χ1v) is 8.48. The monoisotopic (exact) mass is 309 g/mol.